The van der Waals surface area contributed by atoms with E-state index in [1.807, 2.05) is 0 Å². The molecule has 0 saturated carbocycles. The van der Waals surface area contributed by atoms with Crippen LogP contribution in [-0.2, 0) is 4.74 Å². The highest BCUT2D eigenvalue weighted by atomic mass is 32.1. The van der Waals surface area contributed by atoms with Crippen molar-refractivity contribution >= 4 is 44.4 Å². The number of anilines is 2. The van der Waals surface area contributed by atoms with Gasteiger partial charge in [-0.3, -0.25) is 15.1 Å². The molecule has 2 aromatic heterocycles. The zero-order valence-corrected chi connectivity index (χ0v) is 13.5. The van der Waals surface area contributed by atoms with Crippen LogP contribution in [0, 0.1) is 0 Å². The van der Waals surface area contributed by atoms with Crippen LogP contribution in [0.15, 0.2) is 36.8 Å². The van der Waals surface area contributed by atoms with Crippen molar-refractivity contribution in [1.29, 1.82) is 0 Å². The highest BCUT2D eigenvalue weighted by Gasteiger charge is 2.11. The second kappa shape index (κ2) is 7.01. The lowest BCUT2D eigenvalue weighted by atomic mass is 10.3. The number of amides is 2. The number of ether oxygens (including phenoxy) is 1. The van der Waals surface area contributed by atoms with E-state index in [-0.39, 0.29) is 18.2 Å². The van der Waals surface area contributed by atoms with E-state index in [2.05, 4.69) is 25.6 Å². The standard InChI is InChI=1S/C15H13N5O3S/c1-2-23-15(22)20-14-19-10-4-3-9(7-12(10)24-14)18-13(21)11-8-16-5-6-17-11/h3-8H,2H2,1H3,(H,18,21)(H,19,20,22). The summed E-state index contributed by atoms with van der Waals surface area (Å²) < 4.78 is 5.63. The monoisotopic (exact) mass is 343 g/mol. The van der Waals surface area contributed by atoms with Gasteiger partial charge in [0.2, 0.25) is 0 Å². The molecule has 8 nitrogen and oxygen atoms in total. The van der Waals surface area contributed by atoms with Crippen molar-refractivity contribution < 1.29 is 14.3 Å². The second-order valence-electron chi connectivity index (χ2n) is 4.59. The Labute approximate surface area is 140 Å². The Morgan fingerprint density at radius 3 is 2.88 bits per heavy atom. The molecule has 2 heterocycles. The van der Waals surface area contributed by atoms with Crippen LogP contribution in [0.3, 0.4) is 0 Å². The fraction of sp³-hybridized carbons (Fsp3) is 0.133. The Balaban J connectivity index is 1.76. The van der Waals surface area contributed by atoms with Crippen molar-refractivity contribution in [2.24, 2.45) is 0 Å². The predicted molar refractivity (Wildman–Crippen MR) is 90.2 cm³/mol. The van der Waals surface area contributed by atoms with Crippen molar-refractivity contribution in [3.05, 3.63) is 42.5 Å². The van der Waals surface area contributed by atoms with Crippen molar-refractivity contribution in [2.45, 2.75) is 6.92 Å². The number of carbonyl (C=O) groups is 2. The van der Waals surface area contributed by atoms with Crippen molar-refractivity contribution in [2.75, 3.05) is 17.2 Å². The minimum atomic E-state index is -0.548. The number of fused-ring (bicyclic) bond motifs is 1. The quantitative estimate of drug-likeness (QED) is 0.754. The van der Waals surface area contributed by atoms with Crippen LogP contribution in [-0.4, -0.2) is 33.6 Å². The number of nitrogens with zero attached hydrogens (tertiary/aromatic N) is 3. The summed E-state index contributed by atoms with van der Waals surface area (Å²) in [6, 6.07) is 5.26. The van der Waals surface area contributed by atoms with Gasteiger partial charge in [0, 0.05) is 18.1 Å². The highest BCUT2D eigenvalue weighted by molar-refractivity contribution is 7.22. The molecule has 24 heavy (non-hydrogen) atoms. The molecule has 2 amide bonds. The minimum absolute atomic E-state index is 0.228. The van der Waals surface area contributed by atoms with E-state index >= 15 is 0 Å². The molecule has 0 radical (unpaired) electrons. The third-order valence-corrected chi connectivity index (χ3v) is 3.86. The van der Waals surface area contributed by atoms with E-state index in [9.17, 15) is 9.59 Å². The van der Waals surface area contributed by atoms with Gasteiger partial charge < -0.3 is 10.1 Å². The van der Waals surface area contributed by atoms with Gasteiger partial charge in [-0.05, 0) is 25.1 Å². The Bertz CT molecular complexity index is 881. The molecule has 1 aromatic carbocycles. The predicted octanol–water partition coefficient (Wildman–Crippen LogP) is 2.91. The van der Waals surface area contributed by atoms with E-state index in [4.69, 9.17) is 4.74 Å². The van der Waals surface area contributed by atoms with Crippen molar-refractivity contribution in [3.63, 3.8) is 0 Å². The van der Waals surface area contributed by atoms with Crippen LogP contribution in [0.25, 0.3) is 10.2 Å². The van der Waals surface area contributed by atoms with Gasteiger partial charge >= 0.3 is 6.09 Å². The molecule has 2 N–H and O–H groups in total. The first-order valence-electron chi connectivity index (χ1n) is 7.07. The lowest BCUT2D eigenvalue weighted by Gasteiger charge is -2.03. The normalized spacial score (nSPS) is 10.4. The van der Waals surface area contributed by atoms with E-state index in [0.717, 1.165) is 4.70 Å². The smallest absolute Gasteiger partial charge is 0.413 e. The largest absolute Gasteiger partial charge is 0.450 e. The average Bonchev–Trinajstić information content (AvgIpc) is 2.97. The molecule has 0 atom stereocenters. The zero-order chi connectivity index (χ0) is 16.9. The Morgan fingerprint density at radius 1 is 1.25 bits per heavy atom. The molecule has 0 unspecified atom stereocenters. The third kappa shape index (κ3) is 3.63. The van der Waals surface area contributed by atoms with Gasteiger partial charge in [-0.1, -0.05) is 11.3 Å². The maximum absolute atomic E-state index is 12.1. The first-order valence-corrected chi connectivity index (χ1v) is 7.89. The Kier molecular flexibility index (Phi) is 4.62. The van der Waals surface area contributed by atoms with Crippen LogP contribution in [0.1, 0.15) is 17.4 Å². The fourth-order valence-corrected chi connectivity index (χ4v) is 2.81. The molecule has 3 rings (SSSR count). The topological polar surface area (TPSA) is 106 Å². The molecular weight excluding hydrogens is 330 g/mol. The first kappa shape index (κ1) is 15.8. The molecule has 0 aliphatic rings. The molecule has 122 valence electrons. The van der Waals surface area contributed by atoms with Crippen molar-refractivity contribution in [3.8, 4) is 0 Å². The SMILES string of the molecule is CCOC(=O)Nc1nc2ccc(NC(=O)c3cnccn3)cc2s1. The average molecular weight is 343 g/mol. The number of rotatable bonds is 4. The molecule has 0 spiro atoms. The van der Waals surface area contributed by atoms with E-state index in [0.29, 0.717) is 16.3 Å². The van der Waals surface area contributed by atoms with Crippen LogP contribution >= 0.6 is 11.3 Å². The summed E-state index contributed by atoms with van der Waals surface area (Å²) in [4.78, 5) is 35.6. The summed E-state index contributed by atoms with van der Waals surface area (Å²) in [5.41, 5.74) is 1.54. The lowest BCUT2D eigenvalue weighted by Crippen LogP contribution is -2.13. The summed E-state index contributed by atoms with van der Waals surface area (Å²) in [7, 11) is 0. The molecule has 0 aliphatic carbocycles. The summed E-state index contributed by atoms with van der Waals surface area (Å²) in [6.07, 6.45) is 3.79. The van der Waals surface area contributed by atoms with Gasteiger partial charge in [0.15, 0.2) is 5.13 Å². The second-order valence-corrected chi connectivity index (χ2v) is 5.62. The van der Waals surface area contributed by atoms with Gasteiger partial charge in [-0.15, -0.1) is 0 Å². The number of benzene rings is 1. The Hall–Kier alpha value is -3.07. The molecule has 0 aliphatic heterocycles. The number of carbonyl (C=O) groups excluding carboxylic acids is 2. The first-order chi connectivity index (χ1) is 11.7. The molecule has 0 saturated heterocycles. The van der Waals surface area contributed by atoms with Gasteiger partial charge in [0.05, 0.1) is 23.0 Å². The summed E-state index contributed by atoms with van der Waals surface area (Å²) in [6.45, 7) is 2.01. The number of aromatic nitrogens is 3. The zero-order valence-electron chi connectivity index (χ0n) is 12.6. The highest BCUT2D eigenvalue weighted by Crippen LogP contribution is 2.28. The van der Waals surface area contributed by atoms with Crippen LogP contribution in [0.4, 0.5) is 15.6 Å². The number of hydrogen-bond donors (Lipinski definition) is 2. The lowest BCUT2D eigenvalue weighted by molar-refractivity contribution is 0.102. The molecule has 9 heteroatoms. The molecule has 0 bridgehead atoms. The van der Waals surface area contributed by atoms with Crippen LogP contribution in [0.2, 0.25) is 0 Å². The maximum atomic E-state index is 12.1. The van der Waals surface area contributed by atoms with Crippen molar-refractivity contribution in [1.82, 2.24) is 15.0 Å². The molecular formula is C15H13N5O3S. The maximum Gasteiger partial charge on any atom is 0.413 e. The van der Waals surface area contributed by atoms with Gasteiger partial charge in [0.1, 0.15) is 5.69 Å². The third-order valence-electron chi connectivity index (χ3n) is 2.93. The van der Waals surface area contributed by atoms with Crippen LogP contribution < -0.4 is 10.6 Å². The molecule has 0 fully saturated rings. The van der Waals surface area contributed by atoms with Gasteiger partial charge in [0.25, 0.3) is 5.91 Å². The number of nitrogens with one attached hydrogen (secondary N) is 2. The number of hydrogen-bond acceptors (Lipinski definition) is 7. The van der Waals surface area contributed by atoms with E-state index < -0.39 is 6.09 Å². The fourth-order valence-electron chi connectivity index (χ4n) is 1.92. The van der Waals surface area contributed by atoms with E-state index in [1.165, 1.54) is 29.9 Å². The van der Waals surface area contributed by atoms with Gasteiger partial charge in [-0.25, -0.2) is 14.8 Å². The van der Waals surface area contributed by atoms with E-state index in [1.54, 1.807) is 25.1 Å². The van der Waals surface area contributed by atoms with Crippen LogP contribution in [0.5, 0.6) is 0 Å². The Morgan fingerprint density at radius 2 is 2.12 bits per heavy atom. The summed E-state index contributed by atoms with van der Waals surface area (Å²) in [5.74, 6) is -0.350. The summed E-state index contributed by atoms with van der Waals surface area (Å²) >= 11 is 1.29. The van der Waals surface area contributed by atoms with Gasteiger partial charge in [-0.2, -0.15) is 0 Å². The number of thiazole rings is 1. The minimum Gasteiger partial charge on any atom is -0.450 e. The summed E-state index contributed by atoms with van der Waals surface area (Å²) in [5, 5.41) is 5.74. The molecule has 3 aromatic rings.